The summed E-state index contributed by atoms with van der Waals surface area (Å²) in [6.07, 6.45) is 3.47. The summed E-state index contributed by atoms with van der Waals surface area (Å²) >= 11 is 1.80. The van der Waals surface area contributed by atoms with Crippen LogP contribution in [0.1, 0.15) is 35.4 Å². The van der Waals surface area contributed by atoms with Crippen molar-refractivity contribution in [1.82, 2.24) is 19.9 Å². The molecule has 1 amide bonds. The first-order valence-corrected chi connectivity index (χ1v) is 10.3. The van der Waals surface area contributed by atoms with Gasteiger partial charge in [-0.2, -0.15) is 10.4 Å². The van der Waals surface area contributed by atoms with Crippen LogP contribution in [0, 0.1) is 25.2 Å². The molecule has 144 valence electrons. The minimum absolute atomic E-state index is 0.0433. The molecule has 1 aromatic carbocycles. The number of amides is 1. The SMILES string of the molecule is Cc1nc2c(C#N)cnn2c(C)c1CCC(=O)NCCCSc1ccccc1. The number of fused-ring (bicyclic) bond motifs is 1. The van der Waals surface area contributed by atoms with Gasteiger partial charge in [0.25, 0.3) is 0 Å². The number of carbonyl (C=O) groups excluding carboxylic acids is 1. The highest BCUT2D eigenvalue weighted by Gasteiger charge is 2.14. The van der Waals surface area contributed by atoms with Crippen molar-refractivity contribution in [2.45, 2.75) is 38.0 Å². The van der Waals surface area contributed by atoms with Crippen molar-refractivity contribution in [3.8, 4) is 6.07 Å². The molecule has 0 aliphatic heterocycles. The van der Waals surface area contributed by atoms with Gasteiger partial charge < -0.3 is 5.32 Å². The summed E-state index contributed by atoms with van der Waals surface area (Å²) in [5, 5.41) is 16.4. The highest BCUT2D eigenvalue weighted by molar-refractivity contribution is 7.99. The number of carbonyl (C=O) groups is 1. The van der Waals surface area contributed by atoms with Crippen LogP contribution in [0.2, 0.25) is 0 Å². The van der Waals surface area contributed by atoms with Gasteiger partial charge in [0.15, 0.2) is 5.65 Å². The summed E-state index contributed by atoms with van der Waals surface area (Å²) in [6, 6.07) is 12.4. The van der Waals surface area contributed by atoms with Gasteiger partial charge in [0, 0.05) is 29.2 Å². The normalized spacial score (nSPS) is 10.8. The Morgan fingerprint density at radius 1 is 1.29 bits per heavy atom. The topological polar surface area (TPSA) is 83.1 Å². The van der Waals surface area contributed by atoms with Crippen LogP contribution in [-0.2, 0) is 11.2 Å². The number of aromatic nitrogens is 3. The van der Waals surface area contributed by atoms with Crippen molar-refractivity contribution >= 4 is 23.3 Å². The molecule has 1 N–H and O–H groups in total. The molecule has 0 unspecified atom stereocenters. The molecule has 2 heterocycles. The largest absolute Gasteiger partial charge is 0.356 e. The molecule has 0 spiro atoms. The van der Waals surface area contributed by atoms with E-state index >= 15 is 0 Å². The zero-order chi connectivity index (χ0) is 19.9. The molecule has 0 aliphatic rings. The Balaban J connectivity index is 1.47. The van der Waals surface area contributed by atoms with E-state index in [2.05, 4.69) is 33.6 Å². The van der Waals surface area contributed by atoms with E-state index in [1.54, 1.807) is 16.3 Å². The molecule has 0 bridgehead atoms. The van der Waals surface area contributed by atoms with E-state index in [0.717, 1.165) is 29.1 Å². The second-order valence-corrected chi connectivity index (χ2v) is 7.70. The lowest BCUT2D eigenvalue weighted by Gasteiger charge is -2.11. The molecule has 0 aliphatic carbocycles. The molecule has 6 nitrogen and oxygen atoms in total. The Bertz CT molecular complexity index is 1010. The first-order valence-electron chi connectivity index (χ1n) is 9.28. The van der Waals surface area contributed by atoms with Gasteiger partial charge in [-0.15, -0.1) is 11.8 Å². The van der Waals surface area contributed by atoms with Crippen molar-refractivity contribution in [1.29, 1.82) is 5.26 Å². The van der Waals surface area contributed by atoms with Gasteiger partial charge in [0.2, 0.25) is 5.91 Å². The van der Waals surface area contributed by atoms with Gasteiger partial charge in [0.05, 0.1) is 6.20 Å². The summed E-state index contributed by atoms with van der Waals surface area (Å²) in [6.45, 7) is 4.54. The van der Waals surface area contributed by atoms with Gasteiger partial charge in [-0.1, -0.05) is 18.2 Å². The number of hydrogen-bond donors (Lipinski definition) is 1. The fraction of sp³-hybridized carbons (Fsp3) is 0.333. The Morgan fingerprint density at radius 3 is 2.82 bits per heavy atom. The fourth-order valence-electron chi connectivity index (χ4n) is 3.09. The lowest BCUT2D eigenvalue weighted by atomic mass is 10.1. The first kappa shape index (κ1) is 19.9. The lowest BCUT2D eigenvalue weighted by molar-refractivity contribution is -0.121. The van der Waals surface area contributed by atoms with E-state index in [4.69, 9.17) is 5.26 Å². The third kappa shape index (κ3) is 4.70. The molecule has 0 atom stereocenters. The molecule has 0 saturated carbocycles. The van der Waals surface area contributed by atoms with Crippen LogP contribution >= 0.6 is 11.8 Å². The standard InChI is InChI=1S/C21H23N5OS/c1-15-19(16(2)26-21(25-15)17(13-22)14-24-26)9-10-20(27)23-11-6-12-28-18-7-4-3-5-8-18/h3-5,7-8,14H,6,9-12H2,1-2H3,(H,23,27). The predicted octanol–water partition coefficient (Wildman–Crippen LogP) is 3.45. The van der Waals surface area contributed by atoms with Crippen molar-refractivity contribution in [2.75, 3.05) is 12.3 Å². The van der Waals surface area contributed by atoms with Crippen molar-refractivity contribution in [3.05, 3.63) is 59.0 Å². The summed E-state index contributed by atoms with van der Waals surface area (Å²) in [7, 11) is 0. The molecular formula is C21H23N5OS. The maximum Gasteiger partial charge on any atom is 0.220 e. The van der Waals surface area contributed by atoms with Crippen LogP contribution in [0.15, 0.2) is 41.4 Å². The smallest absolute Gasteiger partial charge is 0.220 e. The molecule has 7 heteroatoms. The summed E-state index contributed by atoms with van der Waals surface area (Å²) in [4.78, 5) is 17.9. The number of nitriles is 1. The Morgan fingerprint density at radius 2 is 2.07 bits per heavy atom. The number of benzene rings is 1. The average molecular weight is 394 g/mol. The number of nitrogens with one attached hydrogen (secondary N) is 1. The number of aryl methyl sites for hydroxylation is 2. The zero-order valence-corrected chi connectivity index (χ0v) is 16.9. The lowest BCUT2D eigenvalue weighted by Crippen LogP contribution is -2.25. The van der Waals surface area contributed by atoms with Gasteiger partial charge in [0.1, 0.15) is 11.6 Å². The average Bonchev–Trinajstić information content (AvgIpc) is 3.11. The monoisotopic (exact) mass is 393 g/mol. The first-order chi connectivity index (χ1) is 13.6. The van der Waals surface area contributed by atoms with E-state index in [1.165, 1.54) is 11.1 Å². The highest BCUT2D eigenvalue weighted by Crippen LogP contribution is 2.19. The van der Waals surface area contributed by atoms with E-state index in [-0.39, 0.29) is 5.91 Å². The number of hydrogen-bond acceptors (Lipinski definition) is 5. The number of nitrogens with zero attached hydrogens (tertiary/aromatic N) is 4. The molecule has 2 aromatic heterocycles. The Kier molecular flexibility index (Phi) is 6.66. The van der Waals surface area contributed by atoms with Crippen LogP contribution in [0.4, 0.5) is 0 Å². The van der Waals surface area contributed by atoms with Crippen molar-refractivity contribution < 1.29 is 4.79 Å². The van der Waals surface area contributed by atoms with E-state index in [1.807, 2.05) is 32.0 Å². The van der Waals surface area contributed by atoms with Crippen LogP contribution in [0.5, 0.6) is 0 Å². The van der Waals surface area contributed by atoms with Crippen LogP contribution in [0.25, 0.3) is 5.65 Å². The van der Waals surface area contributed by atoms with Gasteiger partial charge in [-0.25, -0.2) is 9.50 Å². The molecule has 0 radical (unpaired) electrons. The predicted molar refractivity (Wildman–Crippen MR) is 110 cm³/mol. The Labute approximate surface area is 169 Å². The molecule has 0 saturated heterocycles. The van der Waals surface area contributed by atoms with Crippen LogP contribution < -0.4 is 5.32 Å². The molecular weight excluding hydrogens is 370 g/mol. The molecule has 3 rings (SSSR count). The van der Waals surface area contributed by atoms with Crippen molar-refractivity contribution in [2.24, 2.45) is 0 Å². The maximum absolute atomic E-state index is 12.2. The van der Waals surface area contributed by atoms with Crippen LogP contribution in [-0.4, -0.2) is 32.8 Å². The summed E-state index contributed by atoms with van der Waals surface area (Å²) in [5.74, 6) is 1.02. The minimum Gasteiger partial charge on any atom is -0.356 e. The van der Waals surface area contributed by atoms with Gasteiger partial charge in [-0.3, -0.25) is 4.79 Å². The molecule has 3 aromatic rings. The third-order valence-corrected chi connectivity index (χ3v) is 5.68. The zero-order valence-electron chi connectivity index (χ0n) is 16.1. The third-order valence-electron chi connectivity index (χ3n) is 4.59. The Hall–Kier alpha value is -2.85. The van der Waals surface area contributed by atoms with E-state index < -0.39 is 0 Å². The van der Waals surface area contributed by atoms with Gasteiger partial charge >= 0.3 is 0 Å². The highest BCUT2D eigenvalue weighted by atomic mass is 32.2. The van der Waals surface area contributed by atoms with Gasteiger partial charge in [-0.05, 0) is 50.1 Å². The van der Waals surface area contributed by atoms with E-state index in [0.29, 0.717) is 30.6 Å². The molecule has 0 fully saturated rings. The molecule has 28 heavy (non-hydrogen) atoms. The summed E-state index contributed by atoms with van der Waals surface area (Å²) < 4.78 is 1.68. The number of rotatable bonds is 8. The quantitative estimate of drug-likeness (QED) is 0.468. The van der Waals surface area contributed by atoms with E-state index in [9.17, 15) is 4.79 Å². The van der Waals surface area contributed by atoms with Crippen LogP contribution in [0.3, 0.4) is 0 Å². The second-order valence-electron chi connectivity index (χ2n) is 6.53. The second kappa shape index (κ2) is 9.38. The minimum atomic E-state index is 0.0433. The maximum atomic E-state index is 12.2. The fourth-order valence-corrected chi connectivity index (χ4v) is 3.96. The number of thioether (sulfide) groups is 1. The van der Waals surface area contributed by atoms with Crippen molar-refractivity contribution in [3.63, 3.8) is 0 Å². The summed E-state index contributed by atoms with van der Waals surface area (Å²) in [5.41, 5.74) is 3.81.